The lowest BCUT2D eigenvalue weighted by atomic mass is 9.87. The Morgan fingerprint density at radius 3 is 2.52 bits per heavy atom. The fraction of sp³-hybridized carbons (Fsp3) is 0.444. The number of amides is 1. The van der Waals surface area contributed by atoms with Crippen molar-refractivity contribution in [2.45, 2.75) is 46.3 Å². The molecule has 2 rings (SSSR count). The molecule has 0 saturated heterocycles. The van der Waals surface area contributed by atoms with Gasteiger partial charge in [0.1, 0.15) is 11.4 Å². The van der Waals surface area contributed by atoms with Crippen molar-refractivity contribution in [2.24, 2.45) is 0 Å². The Bertz CT molecular complexity index is 639. The number of hydrogen-bond acceptors (Lipinski definition) is 3. The SMILES string of the molecule is CCCNC(=O)c1ccn(COc2ccc(C(C)(C)C)cc2)n1. The van der Waals surface area contributed by atoms with Crippen LogP contribution in [0, 0.1) is 0 Å². The Morgan fingerprint density at radius 2 is 1.91 bits per heavy atom. The number of nitrogens with zero attached hydrogens (tertiary/aromatic N) is 2. The van der Waals surface area contributed by atoms with Crippen LogP contribution in [-0.4, -0.2) is 22.2 Å². The van der Waals surface area contributed by atoms with Gasteiger partial charge < -0.3 is 10.1 Å². The number of rotatable bonds is 6. The molecule has 0 aliphatic rings. The van der Waals surface area contributed by atoms with Gasteiger partial charge in [-0.1, -0.05) is 39.8 Å². The molecule has 1 N–H and O–H groups in total. The summed E-state index contributed by atoms with van der Waals surface area (Å²) in [7, 11) is 0. The first kappa shape index (κ1) is 17.1. The molecule has 23 heavy (non-hydrogen) atoms. The molecule has 1 aromatic carbocycles. The molecule has 0 atom stereocenters. The molecule has 0 spiro atoms. The zero-order chi connectivity index (χ0) is 16.9. The minimum atomic E-state index is -0.153. The molecule has 5 nitrogen and oxygen atoms in total. The van der Waals surface area contributed by atoms with Crippen LogP contribution in [0.5, 0.6) is 5.75 Å². The van der Waals surface area contributed by atoms with E-state index in [0.717, 1.165) is 12.2 Å². The third-order valence-corrected chi connectivity index (χ3v) is 3.49. The fourth-order valence-corrected chi connectivity index (χ4v) is 2.08. The fourth-order valence-electron chi connectivity index (χ4n) is 2.08. The molecular weight excluding hydrogens is 290 g/mol. The van der Waals surface area contributed by atoms with Gasteiger partial charge in [-0.05, 0) is 35.6 Å². The number of ether oxygens (including phenoxy) is 1. The number of benzene rings is 1. The van der Waals surface area contributed by atoms with E-state index in [-0.39, 0.29) is 18.1 Å². The van der Waals surface area contributed by atoms with Gasteiger partial charge in [0.15, 0.2) is 6.73 Å². The second-order valence-corrected chi connectivity index (χ2v) is 6.54. The van der Waals surface area contributed by atoms with Crippen molar-refractivity contribution in [1.29, 1.82) is 0 Å². The highest BCUT2D eigenvalue weighted by molar-refractivity contribution is 5.92. The standard InChI is InChI=1S/C18H25N3O2/c1-5-11-19-17(22)16-10-12-21(20-16)13-23-15-8-6-14(7-9-15)18(2,3)4/h6-10,12H,5,11,13H2,1-4H3,(H,19,22). The summed E-state index contributed by atoms with van der Waals surface area (Å²) < 4.78 is 7.31. The third-order valence-electron chi connectivity index (χ3n) is 3.49. The van der Waals surface area contributed by atoms with Gasteiger partial charge in [-0.2, -0.15) is 5.10 Å². The largest absolute Gasteiger partial charge is 0.471 e. The van der Waals surface area contributed by atoms with Crippen LogP contribution in [0.2, 0.25) is 0 Å². The predicted molar refractivity (Wildman–Crippen MR) is 90.6 cm³/mol. The number of carbonyl (C=O) groups excluding carboxylic acids is 1. The molecule has 0 aliphatic carbocycles. The zero-order valence-corrected chi connectivity index (χ0v) is 14.3. The van der Waals surface area contributed by atoms with Gasteiger partial charge in [0.05, 0.1) is 0 Å². The first-order valence-electron chi connectivity index (χ1n) is 7.95. The lowest BCUT2D eigenvalue weighted by molar-refractivity contribution is 0.0946. The van der Waals surface area contributed by atoms with Gasteiger partial charge in [-0.15, -0.1) is 0 Å². The Kier molecular flexibility index (Phi) is 5.42. The average Bonchev–Trinajstić information content (AvgIpc) is 2.99. The summed E-state index contributed by atoms with van der Waals surface area (Å²) in [5.74, 6) is 0.630. The van der Waals surface area contributed by atoms with E-state index in [2.05, 4.69) is 43.3 Å². The van der Waals surface area contributed by atoms with E-state index in [4.69, 9.17) is 4.74 Å². The minimum absolute atomic E-state index is 0.126. The van der Waals surface area contributed by atoms with Gasteiger partial charge in [-0.25, -0.2) is 4.68 Å². The summed E-state index contributed by atoms with van der Waals surface area (Å²) in [5, 5.41) is 7.02. The normalized spacial score (nSPS) is 11.3. The molecule has 0 aliphatic heterocycles. The first-order chi connectivity index (χ1) is 10.9. The Labute approximate surface area is 137 Å². The maximum Gasteiger partial charge on any atom is 0.271 e. The van der Waals surface area contributed by atoms with Crippen LogP contribution in [0.4, 0.5) is 0 Å². The molecule has 1 aromatic heterocycles. The maximum absolute atomic E-state index is 11.8. The van der Waals surface area contributed by atoms with Gasteiger partial charge in [0.2, 0.25) is 0 Å². The molecule has 0 fully saturated rings. The monoisotopic (exact) mass is 315 g/mol. The molecule has 5 heteroatoms. The topological polar surface area (TPSA) is 56.2 Å². The molecular formula is C18H25N3O2. The van der Waals surface area contributed by atoms with Crippen molar-refractivity contribution in [3.63, 3.8) is 0 Å². The van der Waals surface area contributed by atoms with Crippen LogP contribution in [-0.2, 0) is 12.1 Å². The molecule has 0 saturated carbocycles. The first-order valence-corrected chi connectivity index (χ1v) is 7.95. The summed E-state index contributed by atoms with van der Waals surface area (Å²) in [5.41, 5.74) is 1.80. The van der Waals surface area contributed by atoms with Crippen LogP contribution in [0.1, 0.15) is 50.2 Å². The van der Waals surface area contributed by atoms with Crippen LogP contribution in [0.25, 0.3) is 0 Å². The number of hydrogen-bond donors (Lipinski definition) is 1. The Morgan fingerprint density at radius 1 is 1.22 bits per heavy atom. The minimum Gasteiger partial charge on any atom is -0.471 e. The average molecular weight is 315 g/mol. The highest BCUT2D eigenvalue weighted by Crippen LogP contribution is 2.24. The van der Waals surface area contributed by atoms with E-state index in [1.165, 1.54) is 5.56 Å². The van der Waals surface area contributed by atoms with Gasteiger partial charge in [0.25, 0.3) is 5.91 Å². The van der Waals surface area contributed by atoms with E-state index in [1.807, 2.05) is 19.1 Å². The summed E-state index contributed by atoms with van der Waals surface area (Å²) >= 11 is 0. The molecule has 1 amide bonds. The van der Waals surface area contributed by atoms with E-state index in [1.54, 1.807) is 16.9 Å². The second-order valence-electron chi connectivity index (χ2n) is 6.54. The molecule has 2 aromatic rings. The highest BCUT2D eigenvalue weighted by atomic mass is 16.5. The maximum atomic E-state index is 11.8. The van der Waals surface area contributed by atoms with Gasteiger partial charge in [0, 0.05) is 12.7 Å². The third kappa shape index (κ3) is 4.84. The quantitative estimate of drug-likeness (QED) is 0.889. The molecule has 1 heterocycles. The van der Waals surface area contributed by atoms with Crippen LogP contribution >= 0.6 is 0 Å². The molecule has 0 unspecified atom stereocenters. The summed E-state index contributed by atoms with van der Waals surface area (Å²) in [6.07, 6.45) is 2.64. The molecule has 124 valence electrons. The van der Waals surface area contributed by atoms with Crippen LogP contribution < -0.4 is 10.1 Å². The van der Waals surface area contributed by atoms with Crippen LogP contribution in [0.15, 0.2) is 36.5 Å². The lowest BCUT2D eigenvalue weighted by Crippen LogP contribution is -2.24. The van der Waals surface area contributed by atoms with Crippen molar-refractivity contribution in [3.05, 3.63) is 47.8 Å². The zero-order valence-electron chi connectivity index (χ0n) is 14.3. The van der Waals surface area contributed by atoms with Crippen molar-refractivity contribution in [2.75, 3.05) is 6.54 Å². The predicted octanol–water partition coefficient (Wildman–Crippen LogP) is 3.36. The smallest absolute Gasteiger partial charge is 0.271 e. The van der Waals surface area contributed by atoms with Gasteiger partial charge >= 0.3 is 0 Å². The van der Waals surface area contributed by atoms with Crippen LogP contribution in [0.3, 0.4) is 0 Å². The Hall–Kier alpha value is -2.30. The van der Waals surface area contributed by atoms with Crippen molar-refractivity contribution in [3.8, 4) is 5.75 Å². The van der Waals surface area contributed by atoms with E-state index < -0.39 is 0 Å². The van der Waals surface area contributed by atoms with Crippen molar-refractivity contribution in [1.82, 2.24) is 15.1 Å². The van der Waals surface area contributed by atoms with E-state index in [9.17, 15) is 4.79 Å². The second kappa shape index (κ2) is 7.31. The van der Waals surface area contributed by atoms with Crippen molar-refractivity contribution >= 4 is 5.91 Å². The number of nitrogens with one attached hydrogen (secondary N) is 1. The number of aromatic nitrogens is 2. The Balaban J connectivity index is 1.91. The summed E-state index contributed by atoms with van der Waals surface area (Å²) in [4.78, 5) is 11.8. The highest BCUT2D eigenvalue weighted by Gasteiger charge is 2.13. The molecule has 0 bridgehead atoms. The van der Waals surface area contributed by atoms with Crippen molar-refractivity contribution < 1.29 is 9.53 Å². The van der Waals surface area contributed by atoms with E-state index in [0.29, 0.717) is 12.2 Å². The lowest BCUT2D eigenvalue weighted by Gasteiger charge is -2.19. The summed E-state index contributed by atoms with van der Waals surface area (Å²) in [6, 6.07) is 9.75. The molecule has 0 radical (unpaired) electrons. The van der Waals surface area contributed by atoms with E-state index >= 15 is 0 Å². The summed E-state index contributed by atoms with van der Waals surface area (Å²) in [6.45, 7) is 9.48. The van der Waals surface area contributed by atoms with Gasteiger partial charge in [-0.3, -0.25) is 4.79 Å². The number of carbonyl (C=O) groups is 1.